The molecular formula is C79H99NO9. The molecule has 20 rings (SSSR count). The van der Waals surface area contributed by atoms with E-state index in [1.165, 1.54) is 47.9 Å². The number of esters is 1. The van der Waals surface area contributed by atoms with E-state index in [4.69, 9.17) is 4.74 Å². The molecule has 0 unspecified atom stereocenters. The van der Waals surface area contributed by atoms with Crippen molar-refractivity contribution in [2.45, 2.75) is 239 Å². The second-order valence-electron chi connectivity index (χ2n) is 33.5. The number of fused-ring (bicyclic) bond motifs is 1. The van der Waals surface area contributed by atoms with Gasteiger partial charge < -0.3 is 45.5 Å². The molecule has 16 aliphatic carbocycles. The summed E-state index contributed by atoms with van der Waals surface area (Å²) in [6.45, 7) is 2.23. The van der Waals surface area contributed by atoms with Crippen LogP contribution in [0.25, 0.3) is 0 Å². The van der Waals surface area contributed by atoms with Gasteiger partial charge in [-0.15, -0.1) is 0 Å². The van der Waals surface area contributed by atoms with Gasteiger partial charge in [-0.05, 0) is 240 Å². The Balaban J connectivity index is 0.904. The molecule has 0 saturated heterocycles. The predicted octanol–water partition coefficient (Wildman–Crippen LogP) is 11.5. The summed E-state index contributed by atoms with van der Waals surface area (Å²) in [6.07, 6.45) is 21.0. The molecule has 0 aromatic heterocycles. The molecule has 23 atom stereocenters. The van der Waals surface area contributed by atoms with Crippen LogP contribution in [0.2, 0.25) is 0 Å². The van der Waals surface area contributed by atoms with Gasteiger partial charge in [-0.25, -0.2) is 4.79 Å². The average Bonchev–Trinajstić information content (AvgIpc) is 1.63. The van der Waals surface area contributed by atoms with E-state index >= 15 is 15.0 Å². The molecule has 10 nitrogen and oxygen atoms in total. The first-order valence-electron chi connectivity index (χ1n) is 36.1. The van der Waals surface area contributed by atoms with Gasteiger partial charge in [0.1, 0.15) is 23.6 Å². The monoisotopic (exact) mass is 1210 g/mol. The molecule has 10 heteroatoms. The standard InChI is InChI=1S/C79H99NO9/c1-46(49-11-3-4-12-49)51-18-21-63-70(84)74-30-24-54-34-53(19-20-62(54)74)52-14-9-17-58(35-52)73(26-5-6-27-73)57-16-7-10-47(33-57)32-48-22-28-72(40-48)29-23-50-13-8-15-55(42-81)59(50)38-65(80-2)60-36-56-41-77(86)75(43-72,68(56)61-39-67(83)89-69(60)61)31-25-66-76(44-74,45-82)78(63,87)64(37-51)71(85)79(66,77)88/h7-10,13-17,33,35,39,45-46,48-49,51,53-54,56,60,62-66,68-71,80-81,84-88H,3-6,11-12,18-22,24-28,30-32,34,36-38,40-44H2,1-2H3/t46-,48-,51-,53+,54+,56-,60+,62-,63+,64+,65-,66+,68+,69+,70+,71-,72-,74-,75-,76-,77+,78+,79+/m0/s1. The second-order valence-corrected chi connectivity index (χ2v) is 33.5. The zero-order valence-electron chi connectivity index (χ0n) is 53.0. The van der Waals surface area contributed by atoms with E-state index in [1.54, 1.807) is 6.08 Å². The summed E-state index contributed by atoms with van der Waals surface area (Å²) in [7, 11) is 1.96. The van der Waals surface area contributed by atoms with Crippen molar-refractivity contribution in [2.24, 2.45) is 92.7 Å². The Labute approximate surface area is 528 Å². The number of carbonyl (C=O) groups is 2. The Morgan fingerprint density at radius 3 is 2.31 bits per heavy atom. The molecule has 11 saturated carbocycles. The van der Waals surface area contributed by atoms with Crippen molar-refractivity contribution in [3.05, 3.63) is 117 Å². The quantitative estimate of drug-likeness (QED) is 0.0739. The smallest absolute Gasteiger partial charge is 0.331 e. The van der Waals surface area contributed by atoms with Crippen molar-refractivity contribution >= 4 is 12.3 Å². The SMILES string of the molecule is CN[C@H]1Cc2c(cccc2CO)C#C[C@]23CC[C@@H](Cc4cccc(c4)C4(CCCC4)c4cccc(c4)[C@@H]4CC[C@H]5[C@H](CC[C@]56C[C@]5(C=O)[C@H]7CC[C@]8(C2)[C@H]2C9=CC(=O)O[C@@H]9[C@@H]1C[C@H]2C[C@]8(O)[C@]7(O)[C@@H](O)[C@H]1C[C@@H]([C@@H](C)C2CCCC2)CC[C@H]([C@H]6O)[C@@]15O)C4)C3. The third-order valence-corrected chi connectivity index (χ3v) is 30.8. The Morgan fingerprint density at radius 2 is 1.52 bits per heavy atom. The molecule has 17 bridgehead atoms. The molecule has 7 N–H and O–H groups in total. The normalized spacial score (nSPS) is 47.3. The summed E-state index contributed by atoms with van der Waals surface area (Å²) in [5.74, 6) is 5.76. The lowest BCUT2D eigenvalue weighted by Crippen LogP contribution is -2.86. The molecule has 1 aliphatic heterocycles. The van der Waals surface area contributed by atoms with E-state index < -0.39 is 86.4 Å². The first kappa shape index (κ1) is 58.6. The van der Waals surface area contributed by atoms with Crippen LogP contribution in [0, 0.1) is 105 Å². The fourth-order valence-electron chi connectivity index (χ4n) is 27.2. The highest BCUT2D eigenvalue weighted by molar-refractivity contribution is 5.86. The summed E-state index contributed by atoms with van der Waals surface area (Å²) in [5.41, 5.74) is -1.27. The number of hydrogen-bond acceptors (Lipinski definition) is 10. The van der Waals surface area contributed by atoms with Crippen molar-refractivity contribution in [2.75, 3.05) is 7.05 Å². The number of hydrogen-bond donors (Lipinski definition) is 7. The Hall–Kier alpha value is -4.18. The van der Waals surface area contributed by atoms with E-state index in [9.17, 15) is 25.2 Å². The van der Waals surface area contributed by atoms with Crippen molar-refractivity contribution in [3.63, 3.8) is 0 Å². The minimum atomic E-state index is -2.28. The maximum absolute atomic E-state index is 15.8. The number of ether oxygens (including phenoxy) is 1. The van der Waals surface area contributed by atoms with Crippen molar-refractivity contribution in [1.82, 2.24) is 5.32 Å². The molecule has 11 fully saturated rings. The maximum Gasteiger partial charge on any atom is 0.331 e. The van der Waals surface area contributed by atoms with Gasteiger partial charge in [0.05, 0.1) is 29.8 Å². The lowest BCUT2D eigenvalue weighted by atomic mass is 9.32. The van der Waals surface area contributed by atoms with Gasteiger partial charge in [0.2, 0.25) is 0 Å². The van der Waals surface area contributed by atoms with Crippen LogP contribution in [0.3, 0.4) is 0 Å². The van der Waals surface area contributed by atoms with Crippen LogP contribution < -0.4 is 5.32 Å². The van der Waals surface area contributed by atoms with Gasteiger partial charge in [-0.1, -0.05) is 118 Å². The molecule has 89 heavy (non-hydrogen) atoms. The van der Waals surface area contributed by atoms with Crippen molar-refractivity contribution in [1.29, 1.82) is 0 Å². The van der Waals surface area contributed by atoms with Crippen LogP contribution in [0.15, 0.2) is 78.4 Å². The van der Waals surface area contributed by atoms with Gasteiger partial charge in [0.25, 0.3) is 0 Å². The fraction of sp³-hybridized carbons (Fsp3) is 0.696. The van der Waals surface area contributed by atoms with Crippen LogP contribution in [0.5, 0.6) is 0 Å². The molecule has 4 spiro atoms. The molecule has 0 amide bonds. The van der Waals surface area contributed by atoms with Crippen molar-refractivity contribution < 1.29 is 45.0 Å². The van der Waals surface area contributed by atoms with Crippen LogP contribution in [0.4, 0.5) is 0 Å². The summed E-state index contributed by atoms with van der Waals surface area (Å²) < 4.78 is 6.60. The highest BCUT2D eigenvalue weighted by Crippen LogP contribution is 2.81. The summed E-state index contributed by atoms with van der Waals surface area (Å²) in [6, 6.07) is 25.1. The summed E-state index contributed by atoms with van der Waals surface area (Å²) in [5, 5.41) is 89.1. The fourth-order valence-corrected chi connectivity index (χ4v) is 27.2. The minimum absolute atomic E-state index is 0.0631. The molecule has 474 valence electrons. The average molecular weight is 1210 g/mol. The molecule has 0 radical (unpaired) electrons. The lowest BCUT2D eigenvalue weighted by molar-refractivity contribution is -0.386. The van der Waals surface area contributed by atoms with E-state index in [0.29, 0.717) is 56.3 Å². The largest absolute Gasteiger partial charge is 0.454 e. The van der Waals surface area contributed by atoms with Crippen LogP contribution >= 0.6 is 0 Å². The summed E-state index contributed by atoms with van der Waals surface area (Å²) >= 11 is 0. The minimum Gasteiger partial charge on any atom is -0.454 e. The van der Waals surface area contributed by atoms with E-state index in [-0.39, 0.29) is 72.8 Å². The number of carbonyl (C=O) groups excluding carboxylic acids is 2. The van der Waals surface area contributed by atoms with Crippen LogP contribution in [-0.2, 0) is 39.2 Å². The van der Waals surface area contributed by atoms with Crippen molar-refractivity contribution in [3.8, 4) is 11.8 Å². The number of benzene rings is 3. The predicted molar refractivity (Wildman–Crippen MR) is 340 cm³/mol. The molecule has 3 aromatic carbocycles. The third kappa shape index (κ3) is 7.82. The molecule has 17 aliphatic rings. The third-order valence-electron chi connectivity index (χ3n) is 30.8. The summed E-state index contributed by atoms with van der Waals surface area (Å²) in [4.78, 5) is 30.2. The first-order valence-corrected chi connectivity index (χ1v) is 36.1. The number of aliphatic hydroxyl groups excluding tert-OH is 3. The highest BCUT2D eigenvalue weighted by Gasteiger charge is 2.87. The lowest BCUT2D eigenvalue weighted by Gasteiger charge is -2.75. The zero-order chi connectivity index (χ0) is 60.8. The first-order chi connectivity index (χ1) is 43.0. The molecular weight excluding hydrogens is 1110 g/mol. The number of rotatable bonds is 5. The highest BCUT2D eigenvalue weighted by atomic mass is 16.5. The number of likely N-dealkylation sites (N-methyl/N-ethyl adjacent to an activating group) is 1. The number of aldehydes is 1. The number of nitrogens with one attached hydrogen (secondary N) is 1. The van der Waals surface area contributed by atoms with Crippen LogP contribution in [0.1, 0.15) is 212 Å². The molecule has 1 heterocycles. The van der Waals surface area contributed by atoms with E-state index in [2.05, 4.69) is 78.7 Å². The van der Waals surface area contributed by atoms with Gasteiger partial charge >= 0.3 is 5.97 Å². The number of aliphatic hydroxyl groups is 6. The zero-order valence-corrected chi connectivity index (χ0v) is 53.0. The van der Waals surface area contributed by atoms with Gasteiger partial charge in [0, 0.05) is 63.0 Å². The van der Waals surface area contributed by atoms with Gasteiger partial charge in [-0.2, -0.15) is 0 Å². The maximum atomic E-state index is 15.8. The Bertz CT molecular complexity index is 3440. The second kappa shape index (κ2) is 20.7. The van der Waals surface area contributed by atoms with E-state index in [1.807, 2.05) is 19.2 Å². The Kier molecular flexibility index (Phi) is 13.6. The topological polar surface area (TPSA) is 177 Å². The van der Waals surface area contributed by atoms with E-state index in [0.717, 1.165) is 118 Å². The van der Waals surface area contributed by atoms with Gasteiger partial charge in [0.15, 0.2) is 0 Å². The van der Waals surface area contributed by atoms with Crippen LogP contribution in [-0.4, -0.2) is 91.1 Å². The molecule has 3 aromatic rings. The van der Waals surface area contributed by atoms with Gasteiger partial charge in [-0.3, -0.25) is 0 Å². The Morgan fingerprint density at radius 1 is 0.730 bits per heavy atom.